The Balaban J connectivity index is 2.05. The number of benzene rings is 1. The second-order valence-electron chi connectivity index (χ2n) is 4.94. The zero-order valence-electron chi connectivity index (χ0n) is 12.1. The number of aromatic nitrogens is 2. The number of pyridine rings is 1. The molecule has 112 valence electrons. The Labute approximate surface area is 125 Å². The normalized spacial score (nSPS) is 10.7. The van der Waals surface area contributed by atoms with Crippen LogP contribution in [0.25, 0.3) is 11.1 Å². The lowest BCUT2D eigenvalue weighted by molar-refractivity contribution is 0.393. The van der Waals surface area contributed by atoms with Gasteiger partial charge in [0.15, 0.2) is 0 Å². The maximum absolute atomic E-state index is 13.7. The number of anilines is 2. The first-order valence-corrected chi connectivity index (χ1v) is 6.74. The molecule has 0 aliphatic rings. The highest BCUT2D eigenvalue weighted by molar-refractivity contribution is 5.72. The molecule has 0 spiro atoms. The van der Waals surface area contributed by atoms with Crippen molar-refractivity contribution in [1.29, 1.82) is 0 Å². The third kappa shape index (κ3) is 2.50. The molecule has 0 fully saturated rings. The van der Waals surface area contributed by atoms with Crippen molar-refractivity contribution in [3.05, 3.63) is 64.2 Å². The molecule has 6 heteroatoms. The van der Waals surface area contributed by atoms with Crippen molar-refractivity contribution in [2.75, 3.05) is 5.32 Å². The monoisotopic (exact) mass is 299 g/mol. The minimum absolute atomic E-state index is 0.240. The van der Waals surface area contributed by atoms with Gasteiger partial charge in [0.25, 0.3) is 5.56 Å². The van der Waals surface area contributed by atoms with Crippen molar-refractivity contribution in [2.45, 2.75) is 13.8 Å². The second kappa shape index (κ2) is 5.48. The fraction of sp³-hybridized carbons (Fsp3) is 0.125. The van der Waals surface area contributed by atoms with E-state index in [9.17, 15) is 9.18 Å². The molecule has 0 saturated carbocycles. The lowest BCUT2D eigenvalue weighted by Crippen LogP contribution is -2.11. The number of aromatic amines is 1. The first-order valence-electron chi connectivity index (χ1n) is 6.74. The van der Waals surface area contributed by atoms with E-state index in [1.165, 1.54) is 6.07 Å². The van der Waals surface area contributed by atoms with Crippen LogP contribution in [-0.4, -0.2) is 10.1 Å². The summed E-state index contributed by atoms with van der Waals surface area (Å²) in [6, 6.07) is 7.83. The third-order valence-corrected chi connectivity index (χ3v) is 3.37. The minimum atomic E-state index is -0.426. The molecule has 3 rings (SSSR count). The van der Waals surface area contributed by atoms with Crippen LogP contribution in [0, 0.1) is 19.7 Å². The van der Waals surface area contributed by atoms with Crippen LogP contribution in [0.1, 0.15) is 11.5 Å². The molecule has 2 heterocycles. The summed E-state index contributed by atoms with van der Waals surface area (Å²) in [5, 5.41) is 6.71. The van der Waals surface area contributed by atoms with Gasteiger partial charge in [0.2, 0.25) is 0 Å². The fourth-order valence-corrected chi connectivity index (χ4v) is 2.32. The first kappa shape index (κ1) is 14.1. The largest absolute Gasteiger partial charge is 0.361 e. The van der Waals surface area contributed by atoms with E-state index in [1.807, 2.05) is 6.92 Å². The van der Waals surface area contributed by atoms with E-state index in [0.29, 0.717) is 5.76 Å². The third-order valence-electron chi connectivity index (χ3n) is 3.37. The highest BCUT2D eigenvalue weighted by Gasteiger charge is 2.13. The summed E-state index contributed by atoms with van der Waals surface area (Å²) in [6.45, 7) is 3.62. The molecule has 0 saturated heterocycles. The number of nitrogens with one attached hydrogen (secondary N) is 2. The second-order valence-corrected chi connectivity index (χ2v) is 4.94. The smallest absolute Gasteiger partial charge is 0.271 e. The molecule has 22 heavy (non-hydrogen) atoms. The molecule has 5 nitrogen and oxygen atoms in total. The predicted octanol–water partition coefficient (Wildman–Crippen LogP) is 3.53. The van der Waals surface area contributed by atoms with E-state index in [4.69, 9.17) is 4.52 Å². The van der Waals surface area contributed by atoms with Gasteiger partial charge < -0.3 is 14.8 Å². The quantitative estimate of drug-likeness (QED) is 0.776. The fourth-order valence-electron chi connectivity index (χ4n) is 2.32. The Morgan fingerprint density at radius 2 is 2.00 bits per heavy atom. The van der Waals surface area contributed by atoms with Gasteiger partial charge >= 0.3 is 0 Å². The van der Waals surface area contributed by atoms with Gasteiger partial charge in [-0.3, -0.25) is 4.79 Å². The van der Waals surface area contributed by atoms with E-state index in [2.05, 4.69) is 15.5 Å². The Morgan fingerprint density at radius 3 is 2.68 bits per heavy atom. The van der Waals surface area contributed by atoms with Gasteiger partial charge in [-0.15, -0.1) is 0 Å². The van der Waals surface area contributed by atoms with Gasteiger partial charge in [0, 0.05) is 17.3 Å². The number of H-pyrrole nitrogens is 1. The van der Waals surface area contributed by atoms with Crippen LogP contribution in [0.15, 0.2) is 45.8 Å². The zero-order chi connectivity index (χ0) is 15.7. The summed E-state index contributed by atoms with van der Waals surface area (Å²) >= 11 is 0. The first-order chi connectivity index (χ1) is 10.6. The van der Waals surface area contributed by atoms with E-state index in [1.54, 1.807) is 37.4 Å². The van der Waals surface area contributed by atoms with Crippen LogP contribution in [-0.2, 0) is 0 Å². The summed E-state index contributed by atoms with van der Waals surface area (Å²) in [5.74, 6) is 0.228. The lowest BCUT2D eigenvalue weighted by Gasteiger charge is -2.08. The molecule has 1 aromatic carbocycles. The average molecular weight is 299 g/mol. The van der Waals surface area contributed by atoms with Gasteiger partial charge in [0.05, 0.1) is 11.4 Å². The summed E-state index contributed by atoms with van der Waals surface area (Å²) in [5.41, 5.74) is 2.44. The van der Waals surface area contributed by atoms with Crippen LogP contribution in [0.2, 0.25) is 0 Å². The van der Waals surface area contributed by atoms with Crippen LogP contribution >= 0.6 is 0 Å². The number of nitrogens with zero attached hydrogens (tertiary/aromatic N) is 1. The van der Waals surface area contributed by atoms with Crippen LogP contribution < -0.4 is 10.9 Å². The molecular weight excluding hydrogens is 285 g/mol. The minimum Gasteiger partial charge on any atom is -0.361 e. The number of halogens is 1. The number of hydrogen-bond donors (Lipinski definition) is 2. The summed E-state index contributed by atoms with van der Waals surface area (Å²) in [6.07, 6.45) is 1.58. The molecule has 0 bridgehead atoms. The van der Waals surface area contributed by atoms with E-state index in [0.717, 1.165) is 16.8 Å². The van der Waals surface area contributed by atoms with E-state index in [-0.39, 0.29) is 16.9 Å². The van der Waals surface area contributed by atoms with Crippen LogP contribution in [0.3, 0.4) is 0 Å². The Morgan fingerprint density at radius 1 is 1.23 bits per heavy atom. The molecule has 0 aliphatic heterocycles. The lowest BCUT2D eigenvalue weighted by atomic mass is 10.1. The van der Waals surface area contributed by atoms with Crippen molar-refractivity contribution in [3.8, 4) is 11.1 Å². The van der Waals surface area contributed by atoms with Gasteiger partial charge in [-0.25, -0.2) is 4.39 Å². The standard InChI is InChI=1S/C16H14FN3O2/c1-9-15(10(2)22-20-9)11-7-14(16(21)18-8-11)19-13-6-4-3-5-12(13)17/h3-8,19H,1-2H3,(H,18,21). The highest BCUT2D eigenvalue weighted by atomic mass is 19.1. The Hall–Kier alpha value is -2.89. The summed E-state index contributed by atoms with van der Waals surface area (Å²) in [7, 11) is 0. The molecule has 2 aromatic heterocycles. The molecule has 0 atom stereocenters. The summed E-state index contributed by atoms with van der Waals surface area (Å²) in [4.78, 5) is 14.6. The Kier molecular flexibility index (Phi) is 3.50. The molecule has 0 amide bonds. The van der Waals surface area contributed by atoms with Crippen molar-refractivity contribution in [2.24, 2.45) is 0 Å². The average Bonchev–Trinajstić information content (AvgIpc) is 2.83. The predicted molar refractivity (Wildman–Crippen MR) is 81.7 cm³/mol. The molecular formula is C16H14FN3O2. The summed E-state index contributed by atoms with van der Waals surface area (Å²) < 4.78 is 18.8. The number of rotatable bonds is 3. The molecule has 2 N–H and O–H groups in total. The maximum atomic E-state index is 13.7. The van der Waals surface area contributed by atoms with Crippen LogP contribution in [0.4, 0.5) is 15.8 Å². The number of hydrogen-bond acceptors (Lipinski definition) is 4. The Bertz CT molecular complexity index is 864. The van der Waals surface area contributed by atoms with Gasteiger partial charge in [0.1, 0.15) is 17.3 Å². The zero-order valence-corrected chi connectivity index (χ0v) is 12.1. The van der Waals surface area contributed by atoms with E-state index >= 15 is 0 Å². The topological polar surface area (TPSA) is 70.9 Å². The van der Waals surface area contributed by atoms with Gasteiger partial charge in [-0.2, -0.15) is 0 Å². The number of para-hydroxylation sites is 1. The number of aryl methyl sites for hydroxylation is 2. The maximum Gasteiger partial charge on any atom is 0.271 e. The molecule has 0 aliphatic carbocycles. The van der Waals surface area contributed by atoms with Crippen molar-refractivity contribution < 1.29 is 8.91 Å². The molecule has 0 radical (unpaired) electrons. The SMILES string of the molecule is Cc1noc(C)c1-c1c[nH]c(=O)c(Nc2ccccc2F)c1. The molecule has 3 aromatic rings. The van der Waals surface area contributed by atoms with Crippen molar-refractivity contribution in [1.82, 2.24) is 10.1 Å². The van der Waals surface area contributed by atoms with E-state index < -0.39 is 5.82 Å². The van der Waals surface area contributed by atoms with Crippen molar-refractivity contribution >= 4 is 11.4 Å². The molecule has 0 unspecified atom stereocenters. The van der Waals surface area contributed by atoms with Gasteiger partial charge in [-0.05, 0) is 32.0 Å². The highest BCUT2D eigenvalue weighted by Crippen LogP contribution is 2.28. The van der Waals surface area contributed by atoms with Gasteiger partial charge in [-0.1, -0.05) is 17.3 Å². The van der Waals surface area contributed by atoms with Crippen molar-refractivity contribution in [3.63, 3.8) is 0 Å². The van der Waals surface area contributed by atoms with Crippen LogP contribution in [0.5, 0.6) is 0 Å².